The Kier molecular flexibility index (Phi) is 4.66. The third kappa shape index (κ3) is 4.24. The summed E-state index contributed by atoms with van der Waals surface area (Å²) in [5.74, 6) is -1.33. The Labute approximate surface area is 99.6 Å². The van der Waals surface area contributed by atoms with E-state index >= 15 is 0 Å². The summed E-state index contributed by atoms with van der Waals surface area (Å²) in [5, 5.41) is 11.4. The highest BCUT2D eigenvalue weighted by Gasteiger charge is 2.11. The quantitative estimate of drug-likeness (QED) is 0.706. The number of carbonyl (C=O) groups is 2. The second-order valence-electron chi connectivity index (χ2n) is 3.90. The maximum absolute atomic E-state index is 11.6. The fourth-order valence-electron chi connectivity index (χ4n) is 1.31. The van der Waals surface area contributed by atoms with Crippen molar-refractivity contribution in [1.29, 1.82) is 0 Å². The van der Waals surface area contributed by atoms with Crippen LogP contribution in [0.4, 0.5) is 5.69 Å². The Hall–Kier alpha value is -1.88. The molecule has 0 aliphatic rings. The van der Waals surface area contributed by atoms with Crippen LogP contribution in [-0.4, -0.2) is 23.5 Å². The zero-order valence-corrected chi connectivity index (χ0v) is 9.64. The van der Waals surface area contributed by atoms with Crippen molar-refractivity contribution < 1.29 is 14.7 Å². The molecule has 5 heteroatoms. The van der Waals surface area contributed by atoms with Crippen molar-refractivity contribution in [3.63, 3.8) is 0 Å². The summed E-state index contributed by atoms with van der Waals surface area (Å²) in [5.41, 5.74) is 6.62. The molecule has 1 aromatic carbocycles. The van der Waals surface area contributed by atoms with Crippen LogP contribution in [0.1, 0.15) is 12.5 Å². The molecule has 1 atom stereocenters. The second-order valence-corrected chi connectivity index (χ2v) is 3.90. The molecule has 92 valence electrons. The van der Waals surface area contributed by atoms with Crippen molar-refractivity contribution in [3.05, 3.63) is 29.8 Å². The maximum Gasteiger partial charge on any atom is 0.307 e. The first kappa shape index (κ1) is 13.2. The molecule has 0 aliphatic carbocycles. The van der Waals surface area contributed by atoms with Gasteiger partial charge in [-0.3, -0.25) is 9.59 Å². The number of carbonyl (C=O) groups excluding carboxylic acids is 1. The number of aliphatic carboxylic acids is 1. The van der Waals surface area contributed by atoms with Crippen molar-refractivity contribution in [2.24, 2.45) is 11.7 Å². The Balaban J connectivity index is 2.72. The van der Waals surface area contributed by atoms with E-state index in [9.17, 15) is 9.59 Å². The van der Waals surface area contributed by atoms with Crippen molar-refractivity contribution >= 4 is 17.6 Å². The average molecular weight is 236 g/mol. The minimum Gasteiger partial charge on any atom is -0.481 e. The van der Waals surface area contributed by atoms with Crippen LogP contribution in [-0.2, 0) is 16.0 Å². The van der Waals surface area contributed by atoms with Gasteiger partial charge in [0.15, 0.2) is 0 Å². The number of hydrogen-bond donors (Lipinski definition) is 3. The van der Waals surface area contributed by atoms with E-state index in [0.717, 1.165) is 0 Å². The van der Waals surface area contributed by atoms with E-state index in [1.54, 1.807) is 31.2 Å². The molecular formula is C12H16N2O3. The fraction of sp³-hybridized carbons (Fsp3) is 0.333. The standard InChI is InChI=1S/C12H16N2O3/c1-8(7-13)12(17)14-10-4-2-3-9(5-10)6-11(15)16/h2-5,8H,6-7,13H2,1H3,(H,14,17)(H,15,16). The van der Waals surface area contributed by atoms with Gasteiger partial charge in [0.1, 0.15) is 0 Å². The second kappa shape index (κ2) is 6.00. The monoisotopic (exact) mass is 236 g/mol. The zero-order chi connectivity index (χ0) is 12.8. The Bertz CT molecular complexity index is 418. The lowest BCUT2D eigenvalue weighted by Gasteiger charge is -2.10. The van der Waals surface area contributed by atoms with E-state index in [1.165, 1.54) is 0 Å². The van der Waals surface area contributed by atoms with Gasteiger partial charge in [0.25, 0.3) is 0 Å². The first-order chi connectivity index (χ1) is 8.02. The number of rotatable bonds is 5. The van der Waals surface area contributed by atoms with Gasteiger partial charge >= 0.3 is 5.97 Å². The van der Waals surface area contributed by atoms with E-state index in [-0.39, 0.29) is 24.8 Å². The third-order valence-electron chi connectivity index (χ3n) is 2.35. The van der Waals surface area contributed by atoms with E-state index in [1.807, 2.05) is 0 Å². The van der Waals surface area contributed by atoms with Crippen LogP contribution in [0.15, 0.2) is 24.3 Å². The molecule has 0 saturated heterocycles. The number of carboxylic acid groups (broad SMARTS) is 1. The number of carboxylic acids is 1. The van der Waals surface area contributed by atoms with Gasteiger partial charge in [0.05, 0.1) is 6.42 Å². The molecule has 0 bridgehead atoms. The average Bonchev–Trinajstić information content (AvgIpc) is 2.27. The predicted molar refractivity (Wildman–Crippen MR) is 64.6 cm³/mol. The van der Waals surface area contributed by atoms with Crippen LogP contribution in [0.3, 0.4) is 0 Å². The van der Waals surface area contributed by atoms with Crippen molar-refractivity contribution in [1.82, 2.24) is 0 Å². The van der Waals surface area contributed by atoms with Gasteiger partial charge in [-0.25, -0.2) is 0 Å². The highest BCUT2D eigenvalue weighted by Crippen LogP contribution is 2.12. The highest BCUT2D eigenvalue weighted by molar-refractivity contribution is 5.92. The molecule has 0 fully saturated rings. The summed E-state index contributed by atoms with van der Waals surface area (Å²) in [4.78, 5) is 22.1. The number of nitrogens with one attached hydrogen (secondary N) is 1. The number of amides is 1. The van der Waals surface area contributed by atoms with Crippen LogP contribution >= 0.6 is 0 Å². The van der Waals surface area contributed by atoms with Crippen LogP contribution in [0.25, 0.3) is 0 Å². The van der Waals surface area contributed by atoms with E-state index in [2.05, 4.69) is 5.32 Å². The van der Waals surface area contributed by atoms with E-state index < -0.39 is 5.97 Å². The van der Waals surface area contributed by atoms with Gasteiger partial charge in [-0.05, 0) is 17.7 Å². The summed E-state index contributed by atoms with van der Waals surface area (Å²) in [7, 11) is 0. The Morgan fingerprint density at radius 2 is 2.18 bits per heavy atom. The molecule has 1 unspecified atom stereocenters. The Morgan fingerprint density at radius 1 is 1.47 bits per heavy atom. The van der Waals surface area contributed by atoms with Crippen LogP contribution in [0.2, 0.25) is 0 Å². The maximum atomic E-state index is 11.6. The molecule has 0 saturated carbocycles. The topological polar surface area (TPSA) is 92.4 Å². The Morgan fingerprint density at radius 3 is 2.76 bits per heavy atom. The summed E-state index contributed by atoms with van der Waals surface area (Å²) in [6.45, 7) is 2.01. The molecule has 5 nitrogen and oxygen atoms in total. The van der Waals surface area contributed by atoms with Crippen molar-refractivity contribution in [2.75, 3.05) is 11.9 Å². The van der Waals surface area contributed by atoms with Gasteiger partial charge in [-0.2, -0.15) is 0 Å². The number of nitrogens with two attached hydrogens (primary N) is 1. The normalized spacial score (nSPS) is 11.9. The molecule has 0 radical (unpaired) electrons. The molecule has 4 N–H and O–H groups in total. The van der Waals surface area contributed by atoms with Crippen LogP contribution < -0.4 is 11.1 Å². The summed E-state index contributed by atoms with van der Waals surface area (Å²) >= 11 is 0. The molecule has 0 aromatic heterocycles. The molecule has 1 amide bonds. The van der Waals surface area contributed by atoms with Crippen LogP contribution in [0, 0.1) is 5.92 Å². The molecule has 1 rings (SSSR count). The molecule has 0 aliphatic heterocycles. The molecule has 17 heavy (non-hydrogen) atoms. The van der Waals surface area contributed by atoms with Gasteiger partial charge in [-0.15, -0.1) is 0 Å². The zero-order valence-electron chi connectivity index (χ0n) is 9.64. The van der Waals surface area contributed by atoms with Gasteiger partial charge < -0.3 is 16.2 Å². The molecule has 0 heterocycles. The minimum absolute atomic E-state index is 0.0594. The fourth-order valence-corrected chi connectivity index (χ4v) is 1.31. The lowest BCUT2D eigenvalue weighted by molar-refractivity contribution is -0.136. The lowest BCUT2D eigenvalue weighted by atomic mass is 10.1. The first-order valence-corrected chi connectivity index (χ1v) is 5.34. The third-order valence-corrected chi connectivity index (χ3v) is 2.35. The number of anilines is 1. The summed E-state index contributed by atoms with van der Waals surface area (Å²) in [6, 6.07) is 6.78. The van der Waals surface area contributed by atoms with Gasteiger partial charge in [0, 0.05) is 18.2 Å². The SMILES string of the molecule is CC(CN)C(=O)Nc1cccc(CC(=O)O)c1. The molecule has 0 spiro atoms. The molecular weight excluding hydrogens is 220 g/mol. The minimum atomic E-state index is -0.899. The van der Waals surface area contributed by atoms with Gasteiger partial charge in [0.2, 0.25) is 5.91 Å². The predicted octanol–water partition coefficient (Wildman–Crippen LogP) is 0.847. The van der Waals surface area contributed by atoms with Crippen molar-refractivity contribution in [3.8, 4) is 0 Å². The summed E-state index contributed by atoms with van der Waals surface area (Å²) in [6.07, 6.45) is -0.0594. The molecule has 1 aromatic rings. The lowest BCUT2D eigenvalue weighted by Crippen LogP contribution is -2.26. The summed E-state index contributed by atoms with van der Waals surface area (Å²) < 4.78 is 0. The van der Waals surface area contributed by atoms with E-state index in [0.29, 0.717) is 11.3 Å². The van der Waals surface area contributed by atoms with Crippen molar-refractivity contribution in [2.45, 2.75) is 13.3 Å². The number of benzene rings is 1. The highest BCUT2D eigenvalue weighted by atomic mass is 16.4. The smallest absolute Gasteiger partial charge is 0.307 e. The number of hydrogen-bond acceptors (Lipinski definition) is 3. The largest absolute Gasteiger partial charge is 0.481 e. The first-order valence-electron chi connectivity index (χ1n) is 5.34. The van der Waals surface area contributed by atoms with Crippen LogP contribution in [0.5, 0.6) is 0 Å². The van der Waals surface area contributed by atoms with Gasteiger partial charge in [-0.1, -0.05) is 19.1 Å². The van der Waals surface area contributed by atoms with E-state index in [4.69, 9.17) is 10.8 Å².